The Bertz CT molecular complexity index is 1220. The Morgan fingerprint density at radius 1 is 0.346 bits per heavy atom. The number of allylic oxidation sites excluding steroid dienone is 4. The molecule has 0 spiro atoms. The van der Waals surface area contributed by atoms with Gasteiger partial charge in [-0.3, -0.25) is 9.59 Å². The van der Waals surface area contributed by atoms with E-state index in [1.54, 1.807) is 0 Å². The molecule has 6 nitrogen and oxygen atoms in total. The van der Waals surface area contributed by atoms with Gasteiger partial charge in [0.2, 0.25) is 5.91 Å². The lowest BCUT2D eigenvalue weighted by Gasteiger charge is -2.22. The number of amides is 1. The molecule has 0 radical (unpaired) electrons. The predicted molar refractivity (Wildman–Crippen MR) is 343 cm³/mol. The van der Waals surface area contributed by atoms with Crippen molar-refractivity contribution in [3.05, 3.63) is 24.3 Å². The van der Waals surface area contributed by atoms with Gasteiger partial charge in [0.05, 0.1) is 25.4 Å². The first-order chi connectivity index (χ1) is 38.5. The second kappa shape index (κ2) is 67.8. The Labute approximate surface area is 488 Å². The number of carbonyl (C=O) groups excluding carboxylic acids is 2. The number of hydrogen-bond donors (Lipinski definition) is 3. The van der Waals surface area contributed by atoms with Crippen LogP contribution >= 0.6 is 0 Å². The molecule has 0 saturated carbocycles. The van der Waals surface area contributed by atoms with Crippen molar-refractivity contribution in [1.29, 1.82) is 0 Å². The van der Waals surface area contributed by atoms with E-state index in [-0.39, 0.29) is 18.5 Å². The number of aliphatic hydroxyl groups is 2. The minimum absolute atomic E-state index is 0.0126. The van der Waals surface area contributed by atoms with Crippen LogP contribution in [0.3, 0.4) is 0 Å². The summed E-state index contributed by atoms with van der Waals surface area (Å²) in [6, 6.07) is -0.542. The van der Waals surface area contributed by atoms with Crippen LogP contribution in [0.4, 0.5) is 0 Å². The molecule has 3 N–H and O–H groups in total. The lowest BCUT2D eigenvalue weighted by Crippen LogP contribution is -2.45. The lowest BCUT2D eigenvalue weighted by atomic mass is 10.0. The molecule has 0 fully saturated rings. The largest absolute Gasteiger partial charge is 0.466 e. The van der Waals surface area contributed by atoms with Crippen molar-refractivity contribution in [2.45, 2.75) is 411 Å². The van der Waals surface area contributed by atoms with Crippen LogP contribution in [0.2, 0.25) is 0 Å². The molecule has 1 amide bonds. The number of hydrogen-bond acceptors (Lipinski definition) is 5. The lowest BCUT2D eigenvalue weighted by molar-refractivity contribution is -0.143. The number of nitrogens with one attached hydrogen (secondary N) is 1. The molecule has 0 rings (SSSR count). The van der Waals surface area contributed by atoms with Crippen LogP contribution in [0.25, 0.3) is 0 Å². The molecule has 0 aromatic heterocycles. The van der Waals surface area contributed by atoms with Crippen LogP contribution in [-0.2, 0) is 14.3 Å². The Kier molecular flexibility index (Phi) is 66.4. The maximum atomic E-state index is 12.5. The van der Waals surface area contributed by atoms with Crippen LogP contribution in [0.1, 0.15) is 399 Å². The van der Waals surface area contributed by atoms with Gasteiger partial charge in [0.15, 0.2) is 0 Å². The molecular weight excluding hydrogens is 959 g/mol. The summed E-state index contributed by atoms with van der Waals surface area (Å²) >= 11 is 0. The van der Waals surface area contributed by atoms with E-state index >= 15 is 0 Å². The zero-order valence-corrected chi connectivity index (χ0v) is 52.9. The van der Waals surface area contributed by atoms with Crippen molar-refractivity contribution < 1.29 is 24.5 Å². The van der Waals surface area contributed by atoms with Gasteiger partial charge in [0, 0.05) is 12.8 Å². The van der Waals surface area contributed by atoms with Gasteiger partial charge in [-0.1, -0.05) is 334 Å². The molecule has 0 aromatic rings. The number of esters is 1. The SMILES string of the molecule is CCCCCCCC/C=C\CCCCCCCCCC(=O)OCCCCCCCCCCCCCC/C=C\CCCCCCCCCCCCCC(=O)NC(CO)C(O)CCCCCCCCCCCCCCCCCCC. The Balaban J connectivity index is 3.37. The van der Waals surface area contributed by atoms with Gasteiger partial charge >= 0.3 is 5.97 Å². The standard InChI is InChI=1S/C72H139NO5/c1-3-5-7-9-11-13-15-17-19-32-36-40-44-48-52-56-60-64-70(75)69(68-74)73-71(76)65-61-57-53-49-45-41-37-34-30-28-26-24-22-21-23-25-27-29-31-35-39-43-47-51-55-59-63-67-78-72(77)66-62-58-54-50-46-42-38-33-20-18-16-14-12-10-8-6-4-2/h18,20-22,69-70,74-75H,3-17,19,23-68H2,1-2H3,(H,73,76)/b20-18-,22-21-. The van der Waals surface area contributed by atoms with Gasteiger partial charge in [-0.05, 0) is 77.0 Å². The minimum Gasteiger partial charge on any atom is -0.466 e. The van der Waals surface area contributed by atoms with E-state index in [0.29, 0.717) is 25.9 Å². The highest BCUT2D eigenvalue weighted by Gasteiger charge is 2.20. The molecule has 2 unspecified atom stereocenters. The van der Waals surface area contributed by atoms with Crippen molar-refractivity contribution in [3.8, 4) is 0 Å². The number of carbonyl (C=O) groups is 2. The van der Waals surface area contributed by atoms with Crippen LogP contribution in [0, 0.1) is 0 Å². The second-order valence-electron chi connectivity index (χ2n) is 24.6. The maximum Gasteiger partial charge on any atom is 0.305 e. The van der Waals surface area contributed by atoms with E-state index in [9.17, 15) is 19.8 Å². The first-order valence-corrected chi connectivity index (χ1v) is 35.6. The van der Waals surface area contributed by atoms with Crippen molar-refractivity contribution in [2.75, 3.05) is 13.2 Å². The van der Waals surface area contributed by atoms with Crippen LogP contribution in [0.5, 0.6) is 0 Å². The van der Waals surface area contributed by atoms with Crippen molar-refractivity contribution in [2.24, 2.45) is 0 Å². The third kappa shape index (κ3) is 63.5. The summed E-state index contributed by atoms with van der Waals surface area (Å²) in [5.41, 5.74) is 0. The Morgan fingerprint density at radius 3 is 0.910 bits per heavy atom. The highest BCUT2D eigenvalue weighted by atomic mass is 16.5. The van der Waals surface area contributed by atoms with Crippen molar-refractivity contribution >= 4 is 11.9 Å². The molecule has 0 heterocycles. The fourth-order valence-corrected chi connectivity index (χ4v) is 11.3. The summed E-state index contributed by atoms with van der Waals surface area (Å²) in [6.07, 6.45) is 85.1. The van der Waals surface area contributed by atoms with Gasteiger partial charge in [-0.2, -0.15) is 0 Å². The van der Waals surface area contributed by atoms with E-state index in [2.05, 4.69) is 43.5 Å². The number of unbranched alkanes of at least 4 members (excludes halogenated alkanes) is 52. The molecule has 0 aliphatic heterocycles. The van der Waals surface area contributed by atoms with E-state index in [1.807, 2.05) is 0 Å². The summed E-state index contributed by atoms with van der Waals surface area (Å²) in [7, 11) is 0. The molecule has 6 heteroatoms. The van der Waals surface area contributed by atoms with E-state index in [0.717, 1.165) is 44.9 Å². The summed E-state index contributed by atoms with van der Waals surface area (Å²) < 4.78 is 5.50. The van der Waals surface area contributed by atoms with Crippen LogP contribution in [0.15, 0.2) is 24.3 Å². The van der Waals surface area contributed by atoms with Crippen molar-refractivity contribution in [1.82, 2.24) is 5.32 Å². The first kappa shape index (κ1) is 76.3. The van der Waals surface area contributed by atoms with Gasteiger partial charge in [0.25, 0.3) is 0 Å². The van der Waals surface area contributed by atoms with Gasteiger partial charge < -0.3 is 20.3 Å². The average Bonchev–Trinajstić information content (AvgIpc) is 3.44. The fraction of sp³-hybridized carbons (Fsp3) is 0.917. The average molecular weight is 1100 g/mol. The Hall–Kier alpha value is -1.66. The highest BCUT2D eigenvalue weighted by Crippen LogP contribution is 2.19. The van der Waals surface area contributed by atoms with Gasteiger partial charge in [-0.15, -0.1) is 0 Å². The summed E-state index contributed by atoms with van der Waals surface area (Å²) in [5, 5.41) is 23.4. The van der Waals surface area contributed by atoms with E-state index < -0.39 is 12.1 Å². The monoisotopic (exact) mass is 1100 g/mol. The predicted octanol–water partition coefficient (Wildman–Crippen LogP) is 22.9. The minimum atomic E-state index is -0.665. The molecule has 0 aliphatic carbocycles. The summed E-state index contributed by atoms with van der Waals surface area (Å²) in [6.45, 7) is 4.98. The maximum absolute atomic E-state index is 12.5. The van der Waals surface area contributed by atoms with Crippen LogP contribution in [-0.4, -0.2) is 47.4 Å². The molecule has 0 saturated heterocycles. The first-order valence-electron chi connectivity index (χ1n) is 35.6. The molecule has 2 atom stereocenters. The molecular formula is C72H139NO5. The quantitative estimate of drug-likeness (QED) is 0.0320. The third-order valence-corrected chi connectivity index (χ3v) is 16.7. The summed E-state index contributed by atoms with van der Waals surface area (Å²) in [4.78, 5) is 24.6. The molecule has 0 aliphatic rings. The number of aliphatic hydroxyl groups excluding tert-OH is 2. The zero-order chi connectivity index (χ0) is 56.4. The van der Waals surface area contributed by atoms with Crippen molar-refractivity contribution in [3.63, 3.8) is 0 Å². The molecule has 0 aromatic carbocycles. The smallest absolute Gasteiger partial charge is 0.305 e. The third-order valence-electron chi connectivity index (χ3n) is 16.7. The zero-order valence-electron chi connectivity index (χ0n) is 52.9. The molecule has 0 bridgehead atoms. The fourth-order valence-electron chi connectivity index (χ4n) is 11.3. The van der Waals surface area contributed by atoms with E-state index in [1.165, 1.54) is 321 Å². The topological polar surface area (TPSA) is 95.9 Å². The molecule has 78 heavy (non-hydrogen) atoms. The Morgan fingerprint density at radius 2 is 0.603 bits per heavy atom. The van der Waals surface area contributed by atoms with E-state index in [4.69, 9.17) is 4.74 Å². The number of rotatable bonds is 67. The summed E-state index contributed by atoms with van der Waals surface area (Å²) in [5.74, 6) is -0.0198. The second-order valence-corrected chi connectivity index (χ2v) is 24.6. The van der Waals surface area contributed by atoms with Crippen LogP contribution < -0.4 is 5.32 Å². The number of ether oxygens (including phenoxy) is 1. The highest BCUT2D eigenvalue weighted by molar-refractivity contribution is 5.76. The van der Waals surface area contributed by atoms with Gasteiger partial charge in [-0.25, -0.2) is 0 Å². The van der Waals surface area contributed by atoms with Gasteiger partial charge in [0.1, 0.15) is 0 Å². The molecule has 462 valence electrons. The normalized spacial score (nSPS) is 12.6.